The van der Waals surface area contributed by atoms with Crippen molar-refractivity contribution in [2.24, 2.45) is 0 Å². The van der Waals surface area contributed by atoms with Gasteiger partial charge in [0.05, 0.1) is 12.6 Å². The molecule has 2 rings (SSSR count). The zero-order chi connectivity index (χ0) is 13.8. The van der Waals surface area contributed by atoms with Crippen molar-refractivity contribution in [3.05, 3.63) is 29.8 Å². The number of carbonyl (C=O) groups is 1. The number of rotatable bonds is 4. The van der Waals surface area contributed by atoms with E-state index in [1.807, 2.05) is 31.1 Å². The van der Waals surface area contributed by atoms with Crippen molar-refractivity contribution in [2.45, 2.75) is 19.4 Å². The van der Waals surface area contributed by atoms with Gasteiger partial charge in [0, 0.05) is 19.3 Å². The molecule has 1 aromatic carbocycles. The molecule has 1 aliphatic rings. The molecule has 0 aliphatic carbocycles. The maximum Gasteiger partial charge on any atom is 0.242 e. The fourth-order valence-electron chi connectivity index (χ4n) is 2.62. The Morgan fingerprint density at radius 2 is 2.11 bits per heavy atom. The Bertz CT molecular complexity index is 447. The predicted molar refractivity (Wildman–Crippen MR) is 78.5 cm³/mol. The fourth-order valence-corrected chi connectivity index (χ4v) is 2.62. The summed E-state index contributed by atoms with van der Waals surface area (Å²) in [6.07, 6.45) is 0.987. The van der Waals surface area contributed by atoms with E-state index in [1.165, 1.54) is 11.3 Å². The maximum atomic E-state index is 12.1. The molecule has 1 fully saturated rings. The lowest BCUT2D eigenvalue weighted by Gasteiger charge is -2.40. The summed E-state index contributed by atoms with van der Waals surface area (Å²) in [7, 11) is 3.86. The summed E-state index contributed by atoms with van der Waals surface area (Å²) in [5.41, 5.74) is 2.41. The number of hydrogen-bond donors (Lipinski definition) is 1. The lowest BCUT2D eigenvalue weighted by Crippen LogP contribution is -2.55. The monoisotopic (exact) mass is 261 g/mol. The van der Waals surface area contributed by atoms with Crippen LogP contribution in [0.3, 0.4) is 0 Å². The van der Waals surface area contributed by atoms with Crippen molar-refractivity contribution in [1.29, 1.82) is 0 Å². The van der Waals surface area contributed by atoms with E-state index in [0.717, 1.165) is 19.5 Å². The van der Waals surface area contributed by atoms with Gasteiger partial charge in [-0.2, -0.15) is 0 Å². The first-order chi connectivity index (χ1) is 9.13. The molecule has 0 radical (unpaired) electrons. The van der Waals surface area contributed by atoms with Crippen LogP contribution in [0.2, 0.25) is 0 Å². The Labute approximate surface area is 115 Å². The number of likely N-dealkylation sites (N-methyl/N-ethyl adjacent to an activating group) is 1. The molecule has 19 heavy (non-hydrogen) atoms. The zero-order valence-electron chi connectivity index (χ0n) is 12.0. The third-order valence-corrected chi connectivity index (χ3v) is 3.88. The third kappa shape index (κ3) is 3.07. The minimum atomic E-state index is 0.204. The molecule has 104 valence electrons. The Morgan fingerprint density at radius 3 is 2.79 bits per heavy atom. The second kappa shape index (κ2) is 6.06. The first-order valence-corrected chi connectivity index (χ1v) is 6.84. The van der Waals surface area contributed by atoms with Crippen LogP contribution < -0.4 is 10.2 Å². The Kier molecular flexibility index (Phi) is 4.43. The number of piperazine rings is 1. The highest BCUT2D eigenvalue weighted by molar-refractivity contribution is 5.83. The van der Waals surface area contributed by atoms with Crippen LogP contribution in [0.4, 0.5) is 5.69 Å². The topological polar surface area (TPSA) is 35.6 Å². The minimum Gasteiger partial charge on any atom is -0.360 e. The van der Waals surface area contributed by atoms with E-state index in [-0.39, 0.29) is 11.9 Å². The van der Waals surface area contributed by atoms with Gasteiger partial charge >= 0.3 is 0 Å². The summed E-state index contributed by atoms with van der Waals surface area (Å²) in [4.78, 5) is 16.2. The van der Waals surface area contributed by atoms with Crippen molar-refractivity contribution < 1.29 is 4.79 Å². The molecule has 4 heteroatoms. The van der Waals surface area contributed by atoms with E-state index in [9.17, 15) is 4.79 Å². The summed E-state index contributed by atoms with van der Waals surface area (Å²) < 4.78 is 0. The van der Waals surface area contributed by atoms with Gasteiger partial charge in [0.25, 0.3) is 0 Å². The molecule has 1 aliphatic heterocycles. The molecular weight excluding hydrogens is 238 g/mol. The van der Waals surface area contributed by atoms with Crippen molar-refractivity contribution in [1.82, 2.24) is 10.2 Å². The van der Waals surface area contributed by atoms with Crippen LogP contribution >= 0.6 is 0 Å². The summed E-state index contributed by atoms with van der Waals surface area (Å²) in [5.74, 6) is 0.204. The van der Waals surface area contributed by atoms with Gasteiger partial charge in [0.15, 0.2) is 0 Å². The van der Waals surface area contributed by atoms with Crippen LogP contribution in [-0.2, 0) is 4.79 Å². The van der Waals surface area contributed by atoms with E-state index in [0.29, 0.717) is 6.54 Å². The molecular formula is C15H23N3O. The van der Waals surface area contributed by atoms with E-state index in [1.54, 1.807) is 0 Å². The van der Waals surface area contributed by atoms with E-state index < -0.39 is 0 Å². The average Bonchev–Trinajstić information content (AvgIpc) is 2.41. The standard InChI is InChI=1S/C15H23N3O/c1-12-6-4-5-7-14(12)18-10-13(8-9-16-2)17(3)15(19)11-18/h4-7,13,16H,8-11H2,1-3H3. The first kappa shape index (κ1) is 13.9. The van der Waals surface area contributed by atoms with Crippen LogP contribution in [0.25, 0.3) is 0 Å². The molecule has 0 saturated carbocycles. The van der Waals surface area contributed by atoms with Gasteiger partial charge in [-0.1, -0.05) is 18.2 Å². The largest absolute Gasteiger partial charge is 0.360 e. The van der Waals surface area contributed by atoms with Crippen molar-refractivity contribution in [3.63, 3.8) is 0 Å². The molecule has 1 N–H and O–H groups in total. The van der Waals surface area contributed by atoms with Gasteiger partial charge in [0.1, 0.15) is 0 Å². The highest BCUT2D eigenvalue weighted by Gasteiger charge is 2.29. The number of carbonyl (C=O) groups excluding carboxylic acids is 1. The normalized spacial score (nSPS) is 19.9. The van der Waals surface area contributed by atoms with E-state index in [4.69, 9.17) is 0 Å². The molecule has 0 spiro atoms. The lowest BCUT2D eigenvalue weighted by molar-refractivity contribution is -0.132. The smallest absolute Gasteiger partial charge is 0.242 e. The predicted octanol–water partition coefficient (Wildman–Crippen LogP) is 1.25. The quantitative estimate of drug-likeness (QED) is 0.886. The molecule has 1 atom stereocenters. The summed E-state index contributed by atoms with van der Waals surface area (Å²) >= 11 is 0. The van der Waals surface area contributed by atoms with Gasteiger partial charge in [-0.25, -0.2) is 0 Å². The van der Waals surface area contributed by atoms with Crippen LogP contribution in [0.15, 0.2) is 24.3 Å². The van der Waals surface area contributed by atoms with Crippen LogP contribution in [0.5, 0.6) is 0 Å². The Balaban J connectivity index is 2.15. The number of amides is 1. The average molecular weight is 261 g/mol. The molecule has 0 aromatic heterocycles. The summed E-state index contributed by atoms with van der Waals surface area (Å²) in [6, 6.07) is 8.56. The summed E-state index contributed by atoms with van der Waals surface area (Å²) in [5, 5.41) is 3.16. The van der Waals surface area contributed by atoms with Crippen LogP contribution in [0.1, 0.15) is 12.0 Å². The number of nitrogens with zero attached hydrogens (tertiary/aromatic N) is 2. The highest BCUT2D eigenvalue weighted by Crippen LogP contribution is 2.23. The minimum absolute atomic E-state index is 0.204. The van der Waals surface area contributed by atoms with E-state index >= 15 is 0 Å². The van der Waals surface area contributed by atoms with Gasteiger partial charge in [-0.3, -0.25) is 4.79 Å². The second-order valence-electron chi connectivity index (χ2n) is 5.22. The molecule has 1 unspecified atom stereocenters. The molecule has 1 aromatic rings. The number of hydrogen-bond acceptors (Lipinski definition) is 3. The Hall–Kier alpha value is -1.55. The highest BCUT2D eigenvalue weighted by atomic mass is 16.2. The number of benzene rings is 1. The van der Waals surface area contributed by atoms with Gasteiger partial charge < -0.3 is 15.1 Å². The molecule has 4 nitrogen and oxygen atoms in total. The van der Waals surface area contributed by atoms with Gasteiger partial charge in [-0.15, -0.1) is 0 Å². The maximum absolute atomic E-state index is 12.1. The third-order valence-electron chi connectivity index (χ3n) is 3.88. The number of para-hydroxylation sites is 1. The van der Waals surface area contributed by atoms with Crippen molar-refractivity contribution in [3.8, 4) is 0 Å². The molecule has 1 heterocycles. The SMILES string of the molecule is CNCCC1CN(c2ccccc2C)CC(=O)N1C. The number of nitrogens with one attached hydrogen (secondary N) is 1. The number of aryl methyl sites for hydroxylation is 1. The molecule has 1 amide bonds. The van der Waals surface area contributed by atoms with Crippen molar-refractivity contribution in [2.75, 3.05) is 38.6 Å². The second-order valence-corrected chi connectivity index (χ2v) is 5.22. The lowest BCUT2D eigenvalue weighted by atomic mass is 10.1. The van der Waals surface area contributed by atoms with Crippen LogP contribution in [0, 0.1) is 6.92 Å². The molecule has 0 bridgehead atoms. The van der Waals surface area contributed by atoms with Gasteiger partial charge in [-0.05, 0) is 38.6 Å². The first-order valence-electron chi connectivity index (χ1n) is 6.84. The van der Waals surface area contributed by atoms with E-state index in [2.05, 4.69) is 29.3 Å². The number of anilines is 1. The summed E-state index contributed by atoms with van der Waals surface area (Å²) in [6.45, 7) is 4.43. The van der Waals surface area contributed by atoms with Gasteiger partial charge in [0.2, 0.25) is 5.91 Å². The van der Waals surface area contributed by atoms with Crippen LogP contribution in [-0.4, -0.2) is 50.6 Å². The zero-order valence-corrected chi connectivity index (χ0v) is 12.0. The fraction of sp³-hybridized carbons (Fsp3) is 0.533. The van der Waals surface area contributed by atoms with Crippen molar-refractivity contribution >= 4 is 11.6 Å². The molecule has 1 saturated heterocycles. The Morgan fingerprint density at radius 1 is 1.37 bits per heavy atom.